The van der Waals surface area contributed by atoms with Crippen LogP contribution in [-0.2, 0) is 11.0 Å². The number of para-hydroxylation sites is 1. The third-order valence-corrected chi connectivity index (χ3v) is 4.63. The van der Waals surface area contributed by atoms with Gasteiger partial charge in [0.15, 0.2) is 0 Å². The summed E-state index contributed by atoms with van der Waals surface area (Å²) in [5.41, 5.74) is 0.381. The zero-order chi connectivity index (χ0) is 16.6. The molecule has 1 N–H and O–H groups in total. The second kappa shape index (κ2) is 5.81. The molecule has 3 rings (SSSR count). The van der Waals surface area contributed by atoms with Crippen LogP contribution in [0.15, 0.2) is 52.3 Å². The van der Waals surface area contributed by atoms with Gasteiger partial charge in [-0.2, -0.15) is 13.2 Å². The van der Waals surface area contributed by atoms with E-state index in [-0.39, 0.29) is 13.0 Å². The molecule has 0 unspecified atom stereocenters. The molecule has 1 aliphatic heterocycles. The fraction of sp³-hybridized carbons (Fsp3) is 0.188. The fourth-order valence-corrected chi connectivity index (χ4v) is 3.53. The van der Waals surface area contributed by atoms with Crippen molar-refractivity contribution in [1.82, 2.24) is 0 Å². The summed E-state index contributed by atoms with van der Waals surface area (Å²) in [5, 5.41) is 8.91. The molecular weight excluding hydrogens is 327 g/mol. The van der Waals surface area contributed by atoms with Crippen LogP contribution < -0.4 is 4.90 Å². The van der Waals surface area contributed by atoms with Gasteiger partial charge in [0.05, 0.1) is 23.4 Å². The Morgan fingerprint density at radius 3 is 2.48 bits per heavy atom. The van der Waals surface area contributed by atoms with E-state index in [4.69, 9.17) is 5.11 Å². The van der Waals surface area contributed by atoms with E-state index in [1.165, 1.54) is 17.8 Å². The Kier molecular flexibility index (Phi) is 3.97. The third kappa shape index (κ3) is 3.14. The minimum Gasteiger partial charge on any atom is -0.481 e. The Morgan fingerprint density at radius 2 is 1.78 bits per heavy atom. The van der Waals surface area contributed by atoms with Crippen LogP contribution in [0.5, 0.6) is 0 Å². The van der Waals surface area contributed by atoms with Crippen LogP contribution in [0.1, 0.15) is 12.0 Å². The highest BCUT2D eigenvalue weighted by Crippen LogP contribution is 2.49. The van der Waals surface area contributed by atoms with Gasteiger partial charge in [-0.3, -0.25) is 4.79 Å². The van der Waals surface area contributed by atoms with Crippen molar-refractivity contribution in [2.45, 2.75) is 22.4 Å². The Bertz CT molecular complexity index is 761. The summed E-state index contributed by atoms with van der Waals surface area (Å²) in [6.45, 7) is 0.112. The predicted octanol–water partition coefficient (Wildman–Crippen LogP) is 4.78. The smallest absolute Gasteiger partial charge is 0.416 e. The summed E-state index contributed by atoms with van der Waals surface area (Å²) < 4.78 is 38.9. The molecule has 0 spiro atoms. The first-order chi connectivity index (χ1) is 10.9. The summed E-state index contributed by atoms with van der Waals surface area (Å²) in [7, 11) is 0. The van der Waals surface area contributed by atoms with E-state index < -0.39 is 17.7 Å². The van der Waals surface area contributed by atoms with Crippen LogP contribution in [-0.4, -0.2) is 17.6 Å². The van der Waals surface area contributed by atoms with Crippen molar-refractivity contribution >= 4 is 29.1 Å². The first-order valence-electron chi connectivity index (χ1n) is 6.84. The van der Waals surface area contributed by atoms with Crippen molar-refractivity contribution in [3.05, 3.63) is 48.0 Å². The molecule has 0 saturated heterocycles. The van der Waals surface area contributed by atoms with E-state index in [9.17, 15) is 18.0 Å². The highest BCUT2D eigenvalue weighted by Gasteiger charge is 2.33. The lowest BCUT2D eigenvalue weighted by Gasteiger charge is -2.33. The van der Waals surface area contributed by atoms with E-state index in [0.29, 0.717) is 10.6 Å². The number of hydrogen-bond acceptors (Lipinski definition) is 3. The van der Waals surface area contributed by atoms with Gasteiger partial charge in [-0.05, 0) is 30.3 Å². The summed E-state index contributed by atoms with van der Waals surface area (Å²) in [5.74, 6) is -0.991. The van der Waals surface area contributed by atoms with Crippen LogP contribution in [0, 0.1) is 0 Å². The number of anilines is 2. The van der Waals surface area contributed by atoms with Gasteiger partial charge in [-0.25, -0.2) is 0 Å². The monoisotopic (exact) mass is 339 g/mol. The molecule has 1 aliphatic rings. The lowest BCUT2D eigenvalue weighted by Crippen LogP contribution is -2.24. The molecule has 0 atom stereocenters. The first-order valence-corrected chi connectivity index (χ1v) is 7.65. The van der Waals surface area contributed by atoms with Crippen molar-refractivity contribution in [1.29, 1.82) is 0 Å². The Labute approximate surface area is 134 Å². The largest absolute Gasteiger partial charge is 0.481 e. The number of nitrogens with zero attached hydrogens (tertiary/aromatic N) is 1. The molecule has 2 aromatic rings. The van der Waals surface area contributed by atoms with Crippen LogP contribution >= 0.6 is 11.8 Å². The number of carbonyl (C=O) groups is 1. The summed E-state index contributed by atoms with van der Waals surface area (Å²) >= 11 is 1.38. The molecule has 120 valence electrons. The van der Waals surface area contributed by atoms with Gasteiger partial charge in [0, 0.05) is 16.3 Å². The lowest BCUT2D eigenvalue weighted by molar-refractivity contribution is -0.138. The third-order valence-electron chi connectivity index (χ3n) is 3.50. The summed E-state index contributed by atoms with van der Waals surface area (Å²) in [6.07, 6.45) is -4.59. The molecule has 23 heavy (non-hydrogen) atoms. The highest BCUT2D eigenvalue weighted by atomic mass is 32.2. The topological polar surface area (TPSA) is 40.5 Å². The Hall–Kier alpha value is -2.15. The molecule has 0 aromatic heterocycles. The predicted molar refractivity (Wildman–Crippen MR) is 81.3 cm³/mol. The number of rotatable bonds is 3. The van der Waals surface area contributed by atoms with E-state index in [2.05, 4.69) is 0 Å². The van der Waals surface area contributed by atoms with E-state index in [0.717, 1.165) is 22.7 Å². The molecule has 0 amide bonds. The standard InChI is InChI=1S/C16H12F3NO2S/c17-16(18,19)10-5-6-14-12(9-10)20(8-7-15(21)22)11-3-1-2-4-13(11)23-14/h1-6,9H,7-8H2,(H,21,22). The molecule has 0 fully saturated rings. The normalized spacial score (nSPS) is 13.4. The molecule has 0 bridgehead atoms. The van der Waals surface area contributed by atoms with Crippen molar-refractivity contribution < 1.29 is 23.1 Å². The van der Waals surface area contributed by atoms with Crippen molar-refractivity contribution in [3.63, 3.8) is 0 Å². The number of alkyl halides is 3. The van der Waals surface area contributed by atoms with Gasteiger partial charge in [0.25, 0.3) is 0 Å². The van der Waals surface area contributed by atoms with E-state index in [1.807, 2.05) is 12.1 Å². The van der Waals surface area contributed by atoms with E-state index >= 15 is 0 Å². The first kappa shape index (κ1) is 15.7. The maximum absolute atomic E-state index is 13.0. The van der Waals surface area contributed by atoms with Gasteiger partial charge in [0.2, 0.25) is 0 Å². The SMILES string of the molecule is O=C(O)CCN1c2ccccc2Sc2ccc(C(F)(F)F)cc21. The maximum Gasteiger partial charge on any atom is 0.416 e. The zero-order valence-corrected chi connectivity index (χ0v) is 12.6. The van der Waals surface area contributed by atoms with Crippen LogP contribution in [0.4, 0.5) is 24.5 Å². The number of benzene rings is 2. The van der Waals surface area contributed by atoms with Gasteiger partial charge in [-0.15, -0.1) is 0 Å². The zero-order valence-electron chi connectivity index (χ0n) is 11.8. The molecule has 0 saturated carbocycles. The molecular formula is C16H12F3NO2S. The van der Waals surface area contributed by atoms with Crippen molar-refractivity contribution in [3.8, 4) is 0 Å². The Balaban J connectivity index is 2.08. The van der Waals surface area contributed by atoms with Gasteiger partial charge in [0.1, 0.15) is 0 Å². The molecule has 2 aromatic carbocycles. The average molecular weight is 339 g/mol. The number of fused-ring (bicyclic) bond motifs is 2. The second-order valence-corrected chi connectivity index (χ2v) is 6.13. The lowest BCUT2D eigenvalue weighted by atomic mass is 10.1. The minimum atomic E-state index is -4.44. The van der Waals surface area contributed by atoms with Crippen LogP contribution in [0.2, 0.25) is 0 Å². The minimum absolute atomic E-state index is 0.112. The van der Waals surface area contributed by atoms with E-state index in [1.54, 1.807) is 17.0 Å². The fourth-order valence-electron chi connectivity index (χ4n) is 2.45. The molecule has 0 radical (unpaired) electrons. The average Bonchev–Trinajstić information content (AvgIpc) is 2.49. The second-order valence-electron chi connectivity index (χ2n) is 5.05. The van der Waals surface area contributed by atoms with Gasteiger partial charge >= 0.3 is 12.1 Å². The number of aliphatic carboxylic acids is 1. The maximum atomic E-state index is 13.0. The summed E-state index contributed by atoms with van der Waals surface area (Å²) in [4.78, 5) is 14.1. The summed E-state index contributed by atoms with van der Waals surface area (Å²) in [6, 6.07) is 10.9. The molecule has 3 nitrogen and oxygen atoms in total. The van der Waals surface area contributed by atoms with Crippen molar-refractivity contribution in [2.75, 3.05) is 11.4 Å². The number of hydrogen-bond donors (Lipinski definition) is 1. The van der Waals surface area contributed by atoms with Crippen LogP contribution in [0.25, 0.3) is 0 Å². The highest BCUT2D eigenvalue weighted by molar-refractivity contribution is 7.99. The molecule has 1 heterocycles. The molecule has 0 aliphatic carbocycles. The van der Waals surface area contributed by atoms with Gasteiger partial charge in [-0.1, -0.05) is 23.9 Å². The number of halogens is 3. The van der Waals surface area contributed by atoms with Gasteiger partial charge < -0.3 is 10.0 Å². The molecule has 7 heteroatoms. The quantitative estimate of drug-likeness (QED) is 0.873. The van der Waals surface area contributed by atoms with Crippen molar-refractivity contribution in [2.24, 2.45) is 0 Å². The Morgan fingerprint density at radius 1 is 1.09 bits per heavy atom. The van der Waals surface area contributed by atoms with Crippen LogP contribution in [0.3, 0.4) is 0 Å². The number of carboxylic acids is 1. The number of carboxylic acid groups (broad SMARTS) is 1.